The number of amidine groups is 1. The van der Waals surface area contributed by atoms with Gasteiger partial charge in [-0.15, -0.1) is 0 Å². The van der Waals surface area contributed by atoms with Gasteiger partial charge >= 0.3 is 0 Å². The zero-order valence-corrected chi connectivity index (χ0v) is 8.53. The lowest BCUT2D eigenvalue weighted by Gasteiger charge is -2.14. The lowest BCUT2D eigenvalue weighted by Crippen LogP contribution is -2.18. The van der Waals surface area contributed by atoms with Crippen LogP contribution in [-0.2, 0) is 0 Å². The molecule has 0 aliphatic carbocycles. The Bertz CT molecular complexity index is 161. The van der Waals surface area contributed by atoms with E-state index in [1.54, 1.807) is 18.8 Å². The Morgan fingerprint density at radius 1 is 1.55 bits per heavy atom. The fraction of sp³-hybridized carbons (Fsp3) is 0.625. The first-order valence-electron chi connectivity index (χ1n) is 3.61. The van der Waals surface area contributed by atoms with Crippen molar-refractivity contribution >= 4 is 16.9 Å². The number of hydrogen-bond donors (Lipinski definition) is 0. The first-order valence-corrected chi connectivity index (χ1v) is 4.43. The van der Waals surface area contributed by atoms with E-state index in [9.17, 15) is 0 Å². The molecular weight excluding hydrogens is 156 g/mol. The normalized spacial score (nSPS) is 11.5. The third-order valence-corrected chi connectivity index (χ3v) is 2.51. The van der Waals surface area contributed by atoms with Gasteiger partial charge in [0.15, 0.2) is 5.17 Å². The van der Waals surface area contributed by atoms with Crippen molar-refractivity contribution in [2.75, 3.05) is 21.1 Å². The van der Waals surface area contributed by atoms with E-state index in [0.717, 1.165) is 16.5 Å². The van der Waals surface area contributed by atoms with Crippen LogP contribution in [0.5, 0.6) is 0 Å². The molecule has 0 saturated heterocycles. The van der Waals surface area contributed by atoms with Crippen LogP contribution in [0.3, 0.4) is 0 Å². The molecule has 2 nitrogen and oxygen atoms in total. The maximum absolute atomic E-state index is 4.12. The largest absolute Gasteiger partial charge is 0.357 e. The van der Waals surface area contributed by atoms with Crippen molar-refractivity contribution in [2.45, 2.75) is 13.3 Å². The molecule has 0 aromatic heterocycles. The van der Waals surface area contributed by atoms with Gasteiger partial charge in [-0.2, -0.15) is 0 Å². The van der Waals surface area contributed by atoms with Gasteiger partial charge in [0.1, 0.15) is 0 Å². The third kappa shape index (κ3) is 4.09. The standard InChI is InChI=1S/C8H16N2S/c1-6-7(2)11-8(9-3)10(4)5/h2,6H2,1,3-5H3. The van der Waals surface area contributed by atoms with Crippen molar-refractivity contribution in [3.05, 3.63) is 11.5 Å². The van der Waals surface area contributed by atoms with Crippen LogP contribution in [0.4, 0.5) is 0 Å². The Balaban J connectivity index is 4.00. The summed E-state index contributed by atoms with van der Waals surface area (Å²) in [6, 6.07) is 0. The molecule has 11 heavy (non-hydrogen) atoms. The van der Waals surface area contributed by atoms with Gasteiger partial charge in [-0.25, -0.2) is 0 Å². The molecule has 64 valence electrons. The van der Waals surface area contributed by atoms with Gasteiger partial charge in [-0.05, 0) is 11.3 Å². The van der Waals surface area contributed by atoms with Crippen LogP contribution in [0, 0.1) is 0 Å². The van der Waals surface area contributed by atoms with Gasteiger partial charge < -0.3 is 4.90 Å². The van der Waals surface area contributed by atoms with E-state index in [1.165, 1.54) is 0 Å². The second-order valence-corrected chi connectivity index (χ2v) is 3.54. The van der Waals surface area contributed by atoms with Gasteiger partial charge in [0.05, 0.1) is 0 Å². The molecule has 0 amide bonds. The van der Waals surface area contributed by atoms with Gasteiger partial charge in [-0.3, -0.25) is 4.99 Å². The predicted molar refractivity (Wildman–Crippen MR) is 54.1 cm³/mol. The lowest BCUT2D eigenvalue weighted by atomic mass is 10.5. The maximum atomic E-state index is 4.12. The van der Waals surface area contributed by atoms with Crippen LogP contribution in [0.1, 0.15) is 13.3 Å². The minimum Gasteiger partial charge on any atom is -0.357 e. The van der Waals surface area contributed by atoms with E-state index in [-0.39, 0.29) is 0 Å². The molecule has 0 atom stereocenters. The Morgan fingerprint density at radius 2 is 2.09 bits per heavy atom. The highest BCUT2D eigenvalue weighted by molar-refractivity contribution is 8.17. The smallest absolute Gasteiger partial charge is 0.162 e. The summed E-state index contributed by atoms with van der Waals surface area (Å²) < 4.78 is 0. The topological polar surface area (TPSA) is 15.6 Å². The zero-order valence-electron chi connectivity index (χ0n) is 7.72. The predicted octanol–water partition coefficient (Wildman–Crippen LogP) is 2.19. The van der Waals surface area contributed by atoms with E-state index in [1.807, 2.05) is 19.0 Å². The quantitative estimate of drug-likeness (QED) is 0.469. The van der Waals surface area contributed by atoms with Crippen molar-refractivity contribution in [3.63, 3.8) is 0 Å². The third-order valence-electron chi connectivity index (χ3n) is 1.20. The summed E-state index contributed by atoms with van der Waals surface area (Å²) in [6.07, 6.45) is 0.998. The second-order valence-electron chi connectivity index (χ2n) is 2.39. The summed E-state index contributed by atoms with van der Waals surface area (Å²) in [5, 5.41) is 1.01. The van der Waals surface area contributed by atoms with Gasteiger partial charge in [0.2, 0.25) is 0 Å². The zero-order chi connectivity index (χ0) is 8.85. The molecule has 3 heteroatoms. The molecule has 0 bridgehead atoms. The van der Waals surface area contributed by atoms with Crippen LogP contribution >= 0.6 is 11.8 Å². The van der Waals surface area contributed by atoms with Crippen LogP contribution in [0.2, 0.25) is 0 Å². The van der Waals surface area contributed by atoms with E-state index >= 15 is 0 Å². The van der Waals surface area contributed by atoms with E-state index < -0.39 is 0 Å². The van der Waals surface area contributed by atoms with Crippen LogP contribution in [0.15, 0.2) is 16.5 Å². The highest BCUT2D eigenvalue weighted by Crippen LogP contribution is 2.19. The average Bonchev–Trinajstić information content (AvgIpc) is 1.99. The Morgan fingerprint density at radius 3 is 2.36 bits per heavy atom. The van der Waals surface area contributed by atoms with Crippen molar-refractivity contribution in [1.29, 1.82) is 0 Å². The highest BCUT2D eigenvalue weighted by Gasteiger charge is 2.02. The fourth-order valence-corrected chi connectivity index (χ4v) is 1.21. The molecular formula is C8H16N2S. The SMILES string of the molecule is C=C(CC)SC(=NC)N(C)C. The summed E-state index contributed by atoms with van der Waals surface area (Å²) in [5.74, 6) is 0. The van der Waals surface area contributed by atoms with Crippen LogP contribution in [0.25, 0.3) is 0 Å². The second kappa shape index (κ2) is 5.24. The number of allylic oxidation sites excluding steroid dienone is 1. The molecule has 0 aliphatic rings. The Labute approximate surface area is 73.4 Å². The summed E-state index contributed by atoms with van der Waals surface area (Å²) in [6.45, 7) is 5.99. The van der Waals surface area contributed by atoms with E-state index in [4.69, 9.17) is 0 Å². The monoisotopic (exact) mass is 172 g/mol. The summed E-state index contributed by atoms with van der Waals surface area (Å²) in [7, 11) is 5.77. The Kier molecular flexibility index (Phi) is 5.03. The van der Waals surface area contributed by atoms with Crippen LogP contribution in [-0.4, -0.2) is 31.2 Å². The molecule has 0 rings (SSSR count). The van der Waals surface area contributed by atoms with Gasteiger partial charge in [0.25, 0.3) is 0 Å². The summed E-state index contributed by atoms with van der Waals surface area (Å²) in [4.78, 5) is 7.26. The fourth-order valence-electron chi connectivity index (χ4n) is 0.538. The van der Waals surface area contributed by atoms with Crippen molar-refractivity contribution in [3.8, 4) is 0 Å². The molecule has 0 fully saturated rings. The minimum absolute atomic E-state index is 0.998. The number of rotatable bonds is 2. The molecule has 0 heterocycles. The van der Waals surface area contributed by atoms with Crippen molar-refractivity contribution in [1.82, 2.24) is 4.90 Å². The minimum atomic E-state index is 0.998. The first-order chi connectivity index (χ1) is 5.11. The van der Waals surface area contributed by atoms with E-state index in [0.29, 0.717) is 0 Å². The molecule has 0 radical (unpaired) electrons. The van der Waals surface area contributed by atoms with E-state index in [2.05, 4.69) is 18.5 Å². The number of thioether (sulfide) groups is 1. The molecule has 0 aromatic carbocycles. The average molecular weight is 172 g/mol. The highest BCUT2D eigenvalue weighted by atomic mass is 32.2. The Hall–Kier alpha value is -0.440. The molecule has 0 unspecified atom stereocenters. The molecule has 0 aliphatic heterocycles. The lowest BCUT2D eigenvalue weighted by molar-refractivity contribution is 0.635. The van der Waals surface area contributed by atoms with Crippen LogP contribution < -0.4 is 0 Å². The first kappa shape index (κ1) is 10.6. The van der Waals surface area contributed by atoms with Gasteiger partial charge in [0, 0.05) is 21.1 Å². The number of hydrogen-bond acceptors (Lipinski definition) is 2. The molecule has 0 aromatic rings. The number of nitrogens with zero attached hydrogens (tertiary/aromatic N) is 2. The molecule has 0 saturated carbocycles. The summed E-state index contributed by atoms with van der Waals surface area (Å²) >= 11 is 1.63. The van der Waals surface area contributed by atoms with Gasteiger partial charge in [-0.1, -0.05) is 25.3 Å². The van der Waals surface area contributed by atoms with Crippen molar-refractivity contribution < 1.29 is 0 Å². The molecule has 0 spiro atoms. The maximum Gasteiger partial charge on any atom is 0.162 e. The number of aliphatic imine (C=N–C) groups is 1. The van der Waals surface area contributed by atoms with Crippen molar-refractivity contribution in [2.24, 2.45) is 4.99 Å². The summed E-state index contributed by atoms with van der Waals surface area (Å²) in [5.41, 5.74) is 0. The molecule has 0 N–H and O–H groups in total.